The Kier molecular flexibility index (Phi) is 11.5. The minimum Gasteiger partial charge on any atom is -0.338 e. The van der Waals surface area contributed by atoms with Gasteiger partial charge in [0, 0.05) is 6.54 Å². The molecule has 2 aromatic carbocycles. The number of phosphoric acid groups is 1. The summed E-state index contributed by atoms with van der Waals surface area (Å²) in [6, 6.07) is 12.1. The minimum absolute atomic E-state index is 0.332. The maximum atomic E-state index is 12.2. The fraction of sp³-hybridized carbons (Fsp3) is 0.476. The molecule has 0 bridgehead atoms. The molecule has 0 heterocycles. The monoisotopic (exact) mass is 424 g/mol. The van der Waals surface area contributed by atoms with Crippen molar-refractivity contribution >= 4 is 24.6 Å². The Bertz CT molecular complexity index is 788. The summed E-state index contributed by atoms with van der Waals surface area (Å²) in [6.07, 6.45) is 4.18. The fourth-order valence-corrected chi connectivity index (χ4v) is 3.24. The third-order valence-corrected chi connectivity index (χ3v) is 4.71. The number of amides is 2. The third kappa shape index (κ3) is 9.41. The Labute approximate surface area is 173 Å². The minimum atomic E-state index is -4.65. The lowest BCUT2D eigenvalue weighted by molar-refractivity contribution is 0.175. The summed E-state index contributed by atoms with van der Waals surface area (Å²) < 4.78 is 15.8. The van der Waals surface area contributed by atoms with Gasteiger partial charge in [0.25, 0.3) is 0 Å². The molecule has 0 saturated carbocycles. The SMILES string of the molecule is CC.CCCCCCNC(=O)NC(COP(=O)(O)O)c1cccc2ccccc12. The molecular formula is C21H33N2O5P. The van der Waals surface area contributed by atoms with Crippen LogP contribution in [0.4, 0.5) is 4.79 Å². The quantitative estimate of drug-likeness (QED) is 0.321. The van der Waals surface area contributed by atoms with Gasteiger partial charge in [0.15, 0.2) is 0 Å². The van der Waals surface area contributed by atoms with Crippen molar-refractivity contribution in [3.8, 4) is 0 Å². The van der Waals surface area contributed by atoms with Gasteiger partial charge in [-0.2, -0.15) is 0 Å². The van der Waals surface area contributed by atoms with Gasteiger partial charge in [0.05, 0.1) is 12.6 Å². The van der Waals surface area contributed by atoms with E-state index in [0.717, 1.165) is 42.0 Å². The van der Waals surface area contributed by atoms with Crippen molar-refractivity contribution in [1.82, 2.24) is 10.6 Å². The summed E-state index contributed by atoms with van der Waals surface area (Å²) in [7, 11) is -4.65. The van der Waals surface area contributed by atoms with Crippen molar-refractivity contribution in [2.75, 3.05) is 13.2 Å². The Hall–Kier alpha value is -1.92. The average Bonchev–Trinajstić information content (AvgIpc) is 2.71. The molecule has 0 aromatic heterocycles. The van der Waals surface area contributed by atoms with Crippen LogP contribution in [0.3, 0.4) is 0 Å². The van der Waals surface area contributed by atoms with Crippen LogP contribution in [0.5, 0.6) is 0 Å². The van der Waals surface area contributed by atoms with Crippen LogP contribution >= 0.6 is 7.82 Å². The van der Waals surface area contributed by atoms with Crippen LogP contribution in [-0.2, 0) is 9.09 Å². The van der Waals surface area contributed by atoms with E-state index >= 15 is 0 Å². The summed E-state index contributed by atoms with van der Waals surface area (Å²) in [4.78, 5) is 30.3. The van der Waals surface area contributed by atoms with Crippen molar-refractivity contribution in [2.45, 2.75) is 52.5 Å². The van der Waals surface area contributed by atoms with Crippen LogP contribution < -0.4 is 10.6 Å². The number of benzene rings is 2. The molecule has 0 spiro atoms. The summed E-state index contributed by atoms with van der Waals surface area (Å²) in [6.45, 7) is 6.34. The third-order valence-electron chi connectivity index (χ3n) is 4.23. The number of phosphoric ester groups is 1. The van der Waals surface area contributed by atoms with E-state index < -0.39 is 19.9 Å². The number of carbonyl (C=O) groups is 1. The highest BCUT2D eigenvalue weighted by Gasteiger charge is 2.22. The Balaban J connectivity index is 0.00000204. The zero-order chi connectivity index (χ0) is 21.7. The molecule has 1 atom stereocenters. The van der Waals surface area contributed by atoms with E-state index in [4.69, 9.17) is 9.79 Å². The molecule has 2 amide bonds. The van der Waals surface area contributed by atoms with Gasteiger partial charge in [-0.1, -0.05) is 82.5 Å². The normalized spacial score (nSPS) is 12.0. The second-order valence-corrected chi connectivity index (χ2v) is 7.61. The van der Waals surface area contributed by atoms with Crippen molar-refractivity contribution < 1.29 is 23.7 Å². The number of nitrogens with one attached hydrogen (secondary N) is 2. The Morgan fingerprint density at radius 2 is 1.76 bits per heavy atom. The van der Waals surface area contributed by atoms with Crippen LogP contribution in [0.1, 0.15) is 58.1 Å². The number of fused-ring (bicyclic) bond motifs is 1. The summed E-state index contributed by atoms with van der Waals surface area (Å²) in [5.41, 5.74) is 0.739. The van der Waals surface area contributed by atoms with E-state index in [1.54, 1.807) is 0 Å². The zero-order valence-corrected chi connectivity index (χ0v) is 18.3. The second kappa shape index (κ2) is 13.3. The molecule has 2 aromatic rings. The average molecular weight is 424 g/mol. The molecule has 29 heavy (non-hydrogen) atoms. The standard InChI is InChI=1S/C19H27N2O5P.C2H6/c1-2-3-4-7-13-20-19(22)21-18(14-26-27(23,24)25)17-12-8-10-15-9-5-6-11-16(15)17;1-2/h5-6,8-12,18H,2-4,7,13-14H2,1H3,(H2,20,21,22)(H2,23,24,25);1-2H3. The largest absolute Gasteiger partial charge is 0.469 e. The number of rotatable bonds is 10. The van der Waals surface area contributed by atoms with Gasteiger partial charge < -0.3 is 20.4 Å². The van der Waals surface area contributed by atoms with Crippen molar-refractivity contribution in [2.24, 2.45) is 0 Å². The van der Waals surface area contributed by atoms with Gasteiger partial charge >= 0.3 is 13.9 Å². The Morgan fingerprint density at radius 3 is 2.45 bits per heavy atom. The molecular weight excluding hydrogens is 391 g/mol. The first kappa shape index (κ1) is 25.1. The molecule has 4 N–H and O–H groups in total. The van der Waals surface area contributed by atoms with Crippen molar-refractivity contribution in [3.05, 3.63) is 48.0 Å². The molecule has 2 rings (SSSR count). The first-order chi connectivity index (χ1) is 13.9. The number of hydrogen-bond donors (Lipinski definition) is 4. The molecule has 0 fully saturated rings. The Morgan fingerprint density at radius 1 is 1.07 bits per heavy atom. The lowest BCUT2D eigenvalue weighted by atomic mass is 9.99. The molecule has 0 aliphatic carbocycles. The van der Waals surface area contributed by atoms with E-state index in [1.807, 2.05) is 56.3 Å². The smallest absolute Gasteiger partial charge is 0.338 e. The topological polar surface area (TPSA) is 108 Å². The fourth-order valence-electron chi connectivity index (χ4n) is 2.90. The van der Waals surface area contributed by atoms with Gasteiger partial charge in [-0.05, 0) is 22.8 Å². The van der Waals surface area contributed by atoms with E-state index in [9.17, 15) is 9.36 Å². The maximum Gasteiger partial charge on any atom is 0.469 e. The lowest BCUT2D eigenvalue weighted by Gasteiger charge is -2.21. The van der Waals surface area contributed by atoms with Crippen LogP contribution in [-0.4, -0.2) is 29.0 Å². The van der Waals surface area contributed by atoms with E-state index in [2.05, 4.69) is 22.1 Å². The highest BCUT2D eigenvalue weighted by molar-refractivity contribution is 7.46. The van der Waals surface area contributed by atoms with Crippen LogP contribution in [0, 0.1) is 0 Å². The van der Waals surface area contributed by atoms with Gasteiger partial charge in [-0.25, -0.2) is 9.36 Å². The predicted octanol–water partition coefficient (Wildman–Crippen LogP) is 4.90. The molecule has 0 aliphatic rings. The van der Waals surface area contributed by atoms with Crippen molar-refractivity contribution in [1.29, 1.82) is 0 Å². The predicted molar refractivity (Wildman–Crippen MR) is 117 cm³/mol. The van der Waals surface area contributed by atoms with Gasteiger partial charge in [0.2, 0.25) is 0 Å². The first-order valence-electron chi connectivity index (χ1n) is 10.1. The number of urea groups is 1. The van der Waals surface area contributed by atoms with E-state index in [-0.39, 0.29) is 6.61 Å². The van der Waals surface area contributed by atoms with Crippen molar-refractivity contribution in [3.63, 3.8) is 0 Å². The highest BCUT2D eigenvalue weighted by Crippen LogP contribution is 2.37. The van der Waals surface area contributed by atoms with E-state index in [1.165, 1.54) is 0 Å². The summed E-state index contributed by atoms with van der Waals surface area (Å²) >= 11 is 0. The molecule has 0 saturated heterocycles. The summed E-state index contributed by atoms with van der Waals surface area (Å²) in [5, 5.41) is 7.42. The molecule has 0 aliphatic heterocycles. The highest BCUT2D eigenvalue weighted by atomic mass is 31.2. The molecule has 162 valence electrons. The number of hydrogen-bond acceptors (Lipinski definition) is 3. The van der Waals surface area contributed by atoms with E-state index in [0.29, 0.717) is 6.54 Å². The van der Waals surface area contributed by atoms with Gasteiger partial charge in [0.1, 0.15) is 0 Å². The molecule has 0 radical (unpaired) electrons. The number of unbranched alkanes of at least 4 members (excludes halogenated alkanes) is 3. The van der Waals surface area contributed by atoms with Crippen LogP contribution in [0.2, 0.25) is 0 Å². The zero-order valence-electron chi connectivity index (χ0n) is 17.4. The lowest BCUT2D eigenvalue weighted by Crippen LogP contribution is -2.40. The van der Waals surface area contributed by atoms with Crippen LogP contribution in [0.15, 0.2) is 42.5 Å². The molecule has 1 unspecified atom stereocenters. The first-order valence-corrected chi connectivity index (χ1v) is 11.7. The second-order valence-electron chi connectivity index (χ2n) is 6.37. The van der Waals surface area contributed by atoms with Gasteiger partial charge in [-0.3, -0.25) is 4.52 Å². The molecule has 8 heteroatoms. The maximum absolute atomic E-state index is 12.2. The van der Waals surface area contributed by atoms with Crippen LogP contribution in [0.25, 0.3) is 10.8 Å². The van der Waals surface area contributed by atoms with Gasteiger partial charge in [-0.15, -0.1) is 0 Å². The number of carbonyl (C=O) groups excluding carboxylic acids is 1. The molecule has 7 nitrogen and oxygen atoms in total. The summed E-state index contributed by atoms with van der Waals surface area (Å²) in [5.74, 6) is 0.